The second kappa shape index (κ2) is 6.16. The van der Waals surface area contributed by atoms with E-state index >= 15 is 0 Å². The number of ether oxygens (including phenoxy) is 1. The summed E-state index contributed by atoms with van der Waals surface area (Å²) in [4.78, 5) is 25.4. The van der Waals surface area contributed by atoms with Gasteiger partial charge in [0.1, 0.15) is 5.75 Å². The first-order valence-electron chi connectivity index (χ1n) is 7.10. The van der Waals surface area contributed by atoms with E-state index in [0.29, 0.717) is 18.2 Å². The van der Waals surface area contributed by atoms with E-state index in [1.54, 1.807) is 24.1 Å². The van der Waals surface area contributed by atoms with Crippen molar-refractivity contribution in [3.8, 4) is 5.75 Å². The number of carbonyl (C=O) groups excluding carboxylic acids is 1. The van der Waals surface area contributed by atoms with Crippen molar-refractivity contribution in [3.63, 3.8) is 0 Å². The molecular formula is C16H21NO4. The highest BCUT2D eigenvalue weighted by Gasteiger charge is 2.44. The van der Waals surface area contributed by atoms with Gasteiger partial charge in [0.05, 0.1) is 19.1 Å². The molecule has 1 aromatic rings. The number of carbonyl (C=O) groups is 2. The van der Waals surface area contributed by atoms with Crippen molar-refractivity contribution in [2.24, 2.45) is 11.8 Å². The summed E-state index contributed by atoms with van der Waals surface area (Å²) in [6.07, 6.45) is 0.0682. The molecule has 1 saturated heterocycles. The number of rotatable bonds is 5. The number of nitrogens with zero attached hydrogens (tertiary/aromatic N) is 1. The fourth-order valence-corrected chi connectivity index (χ4v) is 2.83. The zero-order valence-electron chi connectivity index (χ0n) is 12.6. The third kappa shape index (κ3) is 3.17. The molecule has 0 bridgehead atoms. The monoisotopic (exact) mass is 291 g/mol. The van der Waals surface area contributed by atoms with Crippen LogP contribution in [-0.4, -0.2) is 35.5 Å². The van der Waals surface area contributed by atoms with E-state index in [0.717, 1.165) is 5.56 Å². The van der Waals surface area contributed by atoms with Gasteiger partial charge in [-0.15, -0.1) is 0 Å². The largest absolute Gasteiger partial charge is 0.497 e. The molecule has 0 aliphatic carbocycles. The molecule has 1 aliphatic rings. The molecule has 1 heterocycles. The first-order chi connectivity index (χ1) is 9.93. The normalized spacial score (nSPS) is 21.9. The van der Waals surface area contributed by atoms with Crippen molar-refractivity contribution in [2.45, 2.75) is 26.3 Å². The van der Waals surface area contributed by atoms with Crippen molar-refractivity contribution in [1.82, 2.24) is 4.90 Å². The molecular weight excluding hydrogens is 270 g/mol. The number of aliphatic carboxylic acids is 1. The zero-order valence-corrected chi connectivity index (χ0v) is 12.6. The molecule has 1 aromatic carbocycles. The number of amides is 1. The Bertz CT molecular complexity index is 524. The van der Waals surface area contributed by atoms with E-state index in [-0.39, 0.29) is 12.3 Å². The fourth-order valence-electron chi connectivity index (χ4n) is 2.83. The lowest BCUT2D eigenvalue weighted by atomic mass is 9.93. The quantitative estimate of drug-likeness (QED) is 0.904. The molecule has 5 heteroatoms. The molecule has 5 nitrogen and oxygen atoms in total. The first kappa shape index (κ1) is 15.4. The van der Waals surface area contributed by atoms with Gasteiger partial charge in [-0.25, -0.2) is 0 Å². The lowest BCUT2D eigenvalue weighted by Crippen LogP contribution is -2.33. The molecule has 0 saturated carbocycles. The van der Waals surface area contributed by atoms with Crippen LogP contribution in [-0.2, 0) is 9.59 Å². The van der Waals surface area contributed by atoms with Crippen LogP contribution < -0.4 is 4.74 Å². The Labute approximate surface area is 124 Å². The fraction of sp³-hybridized carbons (Fsp3) is 0.500. The van der Waals surface area contributed by atoms with Gasteiger partial charge in [-0.2, -0.15) is 0 Å². The maximum atomic E-state index is 12.2. The Kier molecular flexibility index (Phi) is 4.50. The molecule has 0 aromatic heterocycles. The van der Waals surface area contributed by atoms with Gasteiger partial charge in [-0.1, -0.05) is 26.0 Å². The van der Waals surface area contributed by atoms with Gasteiger partial charge in [0, 0.05) is 13.0 Å². The molecule has 0 radical (unpaired) electrons. The van der Waals surface area contributed by atoms with Gasteiger partial charge in [-0.3, -0.25) is 9.59 Å². The summed E-state index contributed by atoms with van der Waals surface area (Å²) in [5.74, 6) is -0.690. The van der Waals surface area contributed by atoms with Crippen LogP contribution in [0.4, 0.5) is 0 Å². The van der Waals surface area contributed by atoms with Crippen LogP contribution in [0.25, 0.3) is 0 Å². The van der Waals surface area contributed by atoms with Crippen LogP contribution in [0.2, 0.25) is 0 Å². The maximum Gasteiger partial charge on any atom is 0.309 e. The van der Waals surface area contributed by atoms with Crippen molar-refractivity contribution >= 4 is 11.9 Å². The summed E-state index contributed by atoms with van der Waals surface area (Å²) < 4.78 is 5.12. The minimum absolute atomic E-state index is 0.0682. The number of likely N-dealkylation sites (tertiary alicyclic amines) is 1. The van der Waals surface area contributed by atoms with Gasteiger partial charge in [0.2, 0.25) is 5.91 Å². The Morgan fingerprint density at radius 1 is 1.38 bits per heavy atom. The highest BCUT2D eigenvalue weighted by Crippen LogP contribution is 2.39. The van der Waals surface area contributed by atoms with Crippen LogP contribution in [0.5, 0.6) is 5.75 Å². The number of hydrogen-bond donors (Lipinski definition) is 1. The van der Waals surface area contributed by atoms with Crippen LogP contribution in [0.15, 0.2) is 24.3 Å². The summed E-state index contributed by atoms with van der Waals surface area (Å²) in [7, 11) is 1.58. The third-order valence-corrected chi connectivity index (χ3v) is 3.77. The Hall–Kier alpha value is -2.04. The minimum atomic E-state index is -0.921. The molecule has 0 spiro atoms. The van der Waals surface area contributed by atoms with E-state index in [9.17, 15) is 14.7 Å². The standard InChI is InChI=1S/C16H21NO4/c1-10(2)9-17-14(18)8-13(16(19)20)15(17)11-4-6-12(21-3)7-5-11/h4-7,10,13,15H,8-9H2,1-3H3,(H,19,20)/t13-,15-/m1/s1. The third-order valence-electron chi connectivity index (χ3n) is 3.77. The molecule has 1 fully saturated rings. The van der Waals surface area contributed by atoms with Gasteiger partial charge in [-0.05, 0) is 23.6 Å². The van der Waals surface area contributed by atoms with Crippen LogP contribution in [0.1, 0.15) is 31.9 Å². The molecule has 1 amide bonds. The Morgan fingerprint density at radius 3 is 2.48 bits per heavy atom. The van der Waals surface area contributed by atoms with E-state index in [2.05, 4.69) is 0 Å². The SMILES string of the molecule is COc1ccc([C@@H]2[C@H](C(=O)O)CC(=O)N2CC(C)C)cc1. The van der Waals surface area contributed by atoms with E-state index in [1.807, 2.05) is 26.0 Å². The van der Waals surface area contributed by atoms with Crippen molar-refractivity contribution in [1.29, 1.82) is 0 Å². The zero-order chi connectivity index (χ0) is 15.6. The summed E-state index contributed by atoms with van der Waals surface area (Å²) >= 11 is 0. The lowest BCUT2D eigenvalue weighted by molar-refractivity contribution is -0.142. The molecule has 21 heavy (non-hydrogen) atoms. The van der Waals surface area contributed by atoms with Crippen molar-refractivity contribution < 1.29 is 19.4 Å². The summed E-state index contributed by atoms with van der Waals surface area (Å²) in [5.41, 5.74) is 0.842. The number of benzene rings is 1. The predicted octanol–water partition coefficient (Wildman–Crippen LogP) is 2.33. The molecule has 0 unspecified atom stereocenters. The number of carboxylic acids is 1. The van der Waals surface area contributed by atoms with Crippen molar-refractivity contribution in [3.05, 3.63) is 29.8 Å². The lowest BCUT2D eigenvalue weighted by Gasteiger charge is -2.28. The van der Waals surface area contributed by atoms with E-state index in [4.69, 9.17) is 4.74 Å². The second-order valence-electron chi connectivity index (χ2n) is 5.81. The smallest absolute Gasteiger partial charge is 0.309 e. The number of carboxylic acid groups (broad SMARTS) is 1. The highest BCUT2D eigenvalue weighted by molar-refractivity contribution is 5.87. The summed E-state index contributed by atoms with van der Waals surface area (Å²) in [6.45, 7) is 4.61. The first-order valence-corrected chi connectivity index (χ1v) is 7.10. The van der Waals surface area contributed by atoms with Gasteiger partial charge in [0.15, 0.2) is 0 Å². The Morgan fingerprint density at radius 2 is 2.00 bits per heavy atom. The topological polar surface area (TPSA) is 66.8 Å². The average molecular weight is 291 g/mol. The van der Waals surface area contributed by atoms with Gasteiger partial charge < -0.3 is 14.7 Å². The second-order valence-corrected chi connectivity index (χ2v) is 5.81. The summed E-state index contributed by atoms with van der Waals surface area (Å²) in [5, 5.41) is 9.41. The number of hydrogen-bond acceptors (Lipinski definition) is 3. The van der Waals surface area contributed by atoms with E-state index < -0.39 is 17.9 Å². The van der Waals surface area contributed by atoms with Crippen LogP contribution in [0, 0.1) is 11.8 Å². The molecule has 1 N–H and O–H groups in total. The molecule has 1 aliphatic heterocycles. The van der Waals surface area contributed by atoms with Crippen LogP contribution >= 0.6 is 0 Å². The van der Waals surface area contributed by atoms with Crippen molar-refractivity contribution in [2.75, 3.05) is 13.7 Å². The average Bonchev–Trinajstić information content (AvgIpc) is 2.76. The maximum absolute atomic E-state index is 12.2. The molecule has 114 valence electrons. The summed E-state index contributed by atoms with van der Waals surface area (Å²) in [6, 6.07) is 6.87. The minimum Gasteiger partial charge on any atom is -0.497 e. The predicted molar refractivity (Wildman–Crippen MR) is 78.0 cm³/mol. The van der Waals surface area contributed by atoms with Gasteiger partial charge >= 0.3 is 5.97 Å². The number of methoxy groups -OCH3 is 1. The highest BCUT2D eigenvalue weighted by atomic mass is 16.5. The van der Waals surface area contributed by atoms with Crippen LogP contribution in [0.3, 0.4) is 0 Å². The molecule has 2 rings (SSSR count). The molecule has 2 atom stereocenters. The Balaban J connectivity index is 2.35. The van der Waals surface area contributed by atoms with Gasteiger partial charge in [0.25, 0.3) is 0 Å². The van der Waals surface area contributed by atoms with E-state index in [1.165, 1.54) is 0 Å².